The summed E-state index contributed by atoms with van der Waals surface area (Å²) in [5.74, 6) is 0.0978. The molecule has 0 radical (unpaired) electrons. The van der Waals surface area contributed by atoms with Crippen molar-refractivity contribution in [2.24, 2.45) is 0 Å². The van der Waals surface area contributed by atoms with Crippen LogP contribution in [0.1, 0.15) is 5.69 Å². The van der Waals surface area contributed by atoms with Gasteiger partial charge in [-0.25, -0.2) is 0 Å². The Kier molecular flexibility index (Phi) is 4.66. The second-order valence-corrected chi connectivity index (χ2v) is 4.56. The van der Waals surface area contributed by atoms with Crippen molar-refractivity contribution in [3.8, 4) is 0 Å². The molecule has 2 N–H and O–H groups in total. The van der Waals surface area contributed by atoms with Crippen molar-refractivity contribution >= 4 is 5.91 Å². The van der Waals surface area contributed by atoms with Crippen LogP contribution in [0.5, 0.6) is 0 Å². The Hall–Kier alpha value is -1.46. The lowest BCUT2D eigenvalue weighted by Crippen LogP contribution is -2.56. The zero-order valence-corrected chi connectivity index (χ0v) is 10.7. The normalized spacial score (nSPS) is 20.6. The molecule has 1 aromatic heterocycles. The summed E-state index contributed by atoms with van der Waals surface area (Å²) in [6.07, 6.45) is 2.55. The van der Waals surface area contributed by atoms with Crippen LogP contribution in [-0.2, 0) is 11.2 Å². The Morgan fingerprint density at radius 1 is 1.61 bits per heavy atom. The molecule has 5 heteroatoms. The number of nitrogens with zero attached hydrogens (tertiary/aromatic N) is 2. The predicted molar refractivity (Wildman–Crippen MR) is 70.2 cm³/mol. The fraction of sp³-hybridized carbons (Fsp3) is 0.538. The topological polar surface area (TPSA) is 57.3 Å². The zero-order valence-electron chi connectivity index (χ0n) is 10.7. The number of aromatic nitrogens is 1. The molecular weight excluding hydrogens is 228 g/mol. The molecule has 1 fully saturated rings. The molecule has 0 saturated carbocycles. The molecule has 0 aromatic carbocycles. The third kappa shape index (κ3) is 3.51. The Morgan fingerprint density at radius 3 is 3.22 bits per heavy atom. The van der Waals surface area contributed by atoms with Gasteiger partial charge in [-0.3, -0.25) is 14.7 Å². The number of nitrogens with one attached hydrogen (secondary N) is 2. The largest absolute Gasteiger partial charge is 0.354 e. The molecular formula is C13H20N4O. The highest BCUT2D eigenvalue weighted by molar-refractivity contribution is 5.82. The van der Waals surface area contributed by atoms with Gasteiger partial charge in [-0.1, -0.05) is 6.07 Å². The summed E-state index contributed by atoms with van der Waals surface area (Å²) in [4.78, 5) is 18.3. The molecule has 1 aromatic rings. The van der Waals surface area contributed by atoms with Gasteiger partial charge in [0.05, 0.1) is 0 Å². The molecule has 18 heavy (non-hydrogen) atoms. The van der Waals surface area contributed by atoms with E-state index >= 15 is 0 Å². The van der Waals surface area contributed by atoms with Crippen molar-refractivity contribution in [3.63, 3.8) is 0 Å². The molecule has 1 aliphatic heterocycles. The molecule has 2 heterocycles. The summed E-state index contributed by atoms with van der Waals surface area (Å²) in [6.45, 7) is 3.23. The molecule has 1 saturated heterocycles. The Labute approximate surface area is 108 Å². The summed E-state index contributed by atoms with van der Waals surface area (Å²) in [6, 6.07) is 5.77. The average Bonchev–Trinajstić information content (AvgIpc) is 2.40. The van der Waals surface area contributed by atoms with Crippen LogP contribution in [-0.4, -0.2) is 55.1 Å². The lowest BCUT2D eigenvalue weighted by Gasteiger charge is -2.31. The van der Waals surface area contributed by atoms with Gasteiger partial charge in [0.15, 0.2) is 0 Å². The van der Waals surface area contributed by atoms with Crippen molar-refractivity contribution in [2.45, 2.75) is 12.5 Å². The lowest BCUT2D eigenvalue weighted by atomic mass is 10.2. The number of hydrogen-bond donors (Lipinski definition) is 2. The van der Waals surface area contributed by atoms with Gasteiger partial charge in [-0.15, -0.1) is 0 Å². The Balaban J connectivity index is 1.74. The van der Waals surface area contributed by atoms with E-state index in [1.165, 1.54) is 0 Å². The number of carbonyl (C=O) groups excluding carboxylic acids is 1. The van der Waals surface area contributed by atoms with Crippen LogP contribution in [0.25, 0.3) is 0 Å². The predicted octanol–water partition coefficient (Wildman–Crippen LogP) is -0.356. The van der Waals surface area contributed by atoms with Gasteiger partial charge >= 0.3 is 0 Å². The molecule has 0 spiro atoms. The highest BCUT2D eigenvalue weighted by atomic mass is 16.2. The van der Waals surface area contributed by atoms with Crippen LogP contribution >= 0.6 is 0 Å². The van der Waals surface area contributed by atoms with E-state index in [9.17, 15) is 4.79 Å². The minimum absolute atomic E-state index is 0.0533. The molecule has 0 aliphatic carbocycles. The van der Waals surface area contributed by atoms with Crippen LogP contribution in [0.15, 0.2) is 24.4 Å². The Bertz CT molecular complexity index is 382. The standard InChI is InChI=1S/C13H20N4O/c1-17-9-8-14-10-12(17)13(18)16-7-5-11-4-2-3-6-15-11/h2-4,6,12,14H,5,7-10H2,1H3,(H,16,18). The second kappa shape index (κ2) is 6.47. The van der Waals surface area contributed by atoms with Gasteiger partial charge in [0, 0.05) is 44.5 Å². The number of hydrogen-bond acceptors (Lipinski definition) is 4. The quantitative estimate of drug-likeness (QED) is 0.764. The molecule has 98 valence electrons. The van der Waals surface area contributed by atoms with Gasteiger partial charge in [0.25, 0.3) is 0 Å². The van der Waals surface area contributed by atoms with Gasteiger partial charge < -0.3 is 10.6 Å². The highest BCUT2D eigenvalue weighted by Crippen LogP contribution is 2.00. The van der Waals surface area contributed by atoms with E-state index in [1.54, 1.807) is 6.20 Å². The molecule has 1 atom stereocenters. The van der Waals surface area contributed by atoms with E-state index in [1.807, 2.05) is 25.2 Å². The van der Waals surface area contributed by atoms with Crippen LogP contribution in [0.3, 0.4) is 0 Å². The number of rotatable bonds is 4. The smallest absolute Gasteiger partial charge is 0.238 e. The van der Waals surface area contributed by atoms with Crippen molar-refractivity contribution < 1.29 is 4.79 Å². The lowest BCUT2D eigenvalue weighted by molar-refractivity contribution is -0.126. The molecule has 2 rings (SSSR count). The third-order valence-corrected chi connectivity index (χ3v) is 3.22. The molecule has 1 aliphatic rings. The van der Waals surface area contributed by atoms with E-state index in [4.69, 9.17) is 0 Å². The van der Waals surface area contributed by atoms with Crippen molar-refractivity contribution in [1.29, 1.82) is 0 Å². The molecule has 5 nitrogen and oxygen atoms in total. The van der Waals surface area contributed by atoms with E-state index in [-0.39, 0.29) is 11.9 Å². The summed E-state index contributed by atoms with van der Waals surface area (Å²) < 4.78 is 0. The van der Waals surface area contributed by atoms with Gasteiger partial charge in [0.2, 0.25) is 5.91 Å². The third-order valence-electron chi connectivity index (χ3n) is 3.22. The first-order valence-corrected chi connectivity index (χ1v) is 6.36. The fourth-order valence-corrected chi connectivity index (χ4v) is 2.08. The Morgan fingerprint density at radius 2 is 2.50 bits per heavy atom. The fourth-order valence-electron chi connectivity index (χ4n) is 2.08. The number of amides is 1. The summed E-state index contributed by atoms with van der Waals surface area (Å²) in [7, 11) is 1.99. The number of carbonyl (C=O) groups is 1. The summed E-state index contributed by atoms with van der Waals surface area (Å²) >= 11 is 0. The molecule has 1 amide bonds. The van der Waals surface area contributed by atoms with Crippen molar-refractivity contribution in [2.75, 3.05) is 33.2 Å². The maximum atomic E-state index is 12.0. The minimum Gasteiger partial charge on any atom is -0.354 e. The maximum Gasteiger partial charge on any atom is 0.238 e. The van der Waals surface area contributed by atoms with E-state index in [2.05, 4.69) is 20.5 Å². The maximum absolute atomic E-state index is 12.0. The van der Waals surface area contributed by atoms with E-state index in [0.29, 0.717) is 6.54 Å². The van der Waals surface area contributed by atoms with Gasteiger partial charge in [-0.2, -0.15) is 0 Å². The first-order chi connectivity index (χ1) is 8.77. The first-order valence-electron chi connectivity index (χ1n) is 6.36. The monoisotopic (exact) mass is 248 g/mol. The SMILES string of the molecule is CN1CCNCC1C(=O)NCCc1ccccn1. The summed E-state index contributed by atoms with van der Waals surface area (Å²) in [5.41, 5.74) is 1.01. The van der Waals surface area contributed by atoms with Crippen LogP contribution in [0.4, 0.5) is 0 Å². The average molecular weight is 248 g/mol. The van der Waals surface area contributed by atoms with Crippen LogP contribution < -0.4 is 10.6 Å². The van der Waals surface area contributed by atoms with Crippen molar-refractivity contribution in [1.82, 2.24) is 20.5 Å². The number of piperazine rings is 1. The molecule has 0 bridgehead atoms. The minimum atomic E-state index is -0.0533. The number of pyridine rings is 1. The second-order valence-electron chi connectivity index (χ2n) is 4.56. The van der Waals surface area contributed by atoms with E-state index < -0.39 is 0 Å². The highest BCUT2D eigenvalue weighted by Gasteiger charge is 2.25. The summed E-state index contributed by atoms with van der Waals surface area (Å²) in [5, 5.41) is 6.21. The number of likely N-dealkylation sites (N-methyl/N-ethyl adjacent to an activating group) is 1. The van der Waals surface area contributed by atoms with E-state index in [0.717, 1.165) is 31.7 Å². The van der Waals surface area contributed by atoms with Gasteiger partial charge in [-0.05, 0) is 19.2 Å². The zero-order chi connectivity index (χ0) is 12.8. The first kappa shape index (κ1) is 13.0. The molecule has 1 unspecified atom stereocenters. The van der Waals surface area contributed by atoms with Crippen molar-refractivity contribution in [3.05, 3.63) is 30.1 Å². The van der Waals surface area contributed by atoms with Gasteiger partial charge in [0.1, 0.15) is 6.04 Å². The van der Waals surface area contributed by atoms with Crippen LogP contribution in [0, 0.1) is 0 Å². The van der Waals surface area contributed by atoms with Crippen LogP contribution in [0.2, 0.25) is 0 Å².